The molecule has 1 saturated carbocycles. The fourth-order valence-corrected chi connectivity index (χ4v) is 3.01. The fraction of sp³-hybridized carbons (Fsp3) is 0.300. The second-order valence-electron chi connectivity index (χ2n) is 6.57. The van der Waals surface area contributed by atoms with Gasteiger partial charge in [0.05, 0.1) is 12.2 Å². The summed E-state index contributed by atoms with van der Waals surface area (Å²) >= 11 is 0. The molecule has 5 heteroatoms. The van der Waals surface area contributed by atoms with Gasteiger partial charge in [0, 0.05) is 35.6 Å². The van der Waals surface area contributed by atoms with Gasteiger partial charge in [-0.2, -0.15) is 0 Å². The quantitative estimate of drug-likeness (QED) is 0.682. The highest BCUT2D eigenvalue weighted by atomic mass is 15.3. The lowest BCUT2D eigenvalue weighted by Crippen LogP contribution is -2.14. The lowest BCUT2D eigenvalue weighted by molar-refractivity contribution is 0.589. The molecule has 3 N–H and O–H groups in total. The van der Waals surface area contributed by atoms with Gasteiger partial charge in [-0.05, 0) is 55.1 Å². The van der Waals surface area contributed by atoms with Crippen LogP contribution in [0.5, 0.6) is 0 Å². The molecule has 0 spiro atoms. The van der Waals surface area contributed by atoms with Gasteiger partial charge < -0.3 is 10.8 Å². The summed E-state index contributed by atoms with van der Waals surface area (Å²) in [5, 5.41) is 3.42. The summed E-state index contributed by atoms with van der Waals surface area (Å²) in [5.74, 6) is 4.17. The highest BCUT2D eigenvalue weighted by Crippen LogP contribution is 2.39. The van der Waals surface area contributed by atoms with Gasteiger partial charge in [0.25, 0.3) is 0 Å². The summed E-state index contributed by atoms with van der Waals surface area (Å²) in [6.07, 6.45) is 14.8. The van der Waals surface area contributed by atoms with Crippen LogP contribution < -0.4 is 5.73 Å². The Balaban J connectivity index is 1.62. The van der Waals surface area contributed by atoms with E-state index in [1.54, 1.807) is 0 Å². The maximum atomic E-state index is 5.59. The average Bonchev–Trinajstić information content (AvgIpc) is 3.43. The minimum Gasteiger partial charge on any atom is -0.330 e. The summed E-state index contributed by atoms with van der Waals surface area (Å²) in [6.45, 7) is 1.33. The largest absolute Gasteiger partial charge is 0.330 e. The second kappa shape index (κ2) is 6.58. The van der Waals surface area contributed by atoms with Gasteiger partial charge in [-0.1, -0.05) is 5.92 Å². The zero-order chi connectivity index (χ0) is 17.2. The molecule has 0 radical (unpaired) electrons. The summed E-state index contributed by atoms with van der Waals surface area (Å²) in [6, 6.07) is 5.98. The van der Waals surface area contributed by atoms with Crippen molar-refractivity contribution in [2.24, 2.45) is 5.73 Å². The number of terminal acetylenes is 1. The highest BCUT2D eigenvalue weighted by Gasteiger charge is 2.26. The lowest BCUT2D eigenvalue weighted by atomic mass is 10.0. The SMILES string of the molecule is C#Cc1ccc(-c2ncc(CCN)cn2)c(Cn2cc(C3CC3)[nH]2)c1. The maximum absolute atomic E-state index is 5.59. The highest BCUT2D eigenvalue weighted by molar-refractivity contribution is 5.62. The molecular weight excluding hydrogens is 310 g/mol. The molecule has 0 saturated heterocycles. The third-order valence-corrected chi connectivity index (χ3v) is 4.58. The second-order valence-corrected chi connectivity index (χ2v) is 6.57. The molecule has 1 aliphatic rings. The van der Waals surface area contributed by atoms with Crippen LogP contribution >= 0.6 is 0 Å². The predicted octanol–water partition coefficient (Wildman–Crippen LogP) is 2.68. The topological polar surface area (TPSA) is 72.5 Å². The maximum Gasteiger partial charge on any atom is 0.159 e. The number of hydrogen-bond acceptors (Lipinski definition) is 3. The Labute approximate surface area is 147 Å². The number of rotatable bonds is 6. The monoisotopic (exact) mass is 331 g/mol. The van der Waals surface area contributed by atoms with Crippen LogP contribution in [0, 0.1) is 12.3 Å². The zero-order valence-corrected chi connectivity index (χ0v) is 14.1. The van der Waals surface area contributed by atoms with Crippen LogP contribution in [0.15, 0.2) is 36.8 Å². The molecule has 25 heavy (non-hydrogen) atoms. The van der Waals surface area contributed by atoms with E-state index in [0.29, 0.717) is 12.4 Å². The molecule has 1 aliphatic carbocycles. The van der Waals surface area contributed by atoms with Gasteiger partial charge in [-0.3, -0.25) is 4.68 Å². The summed E-state index contributed by atoms with van der Waals surface area (Å²) < 4.78 is 2.09. The van der Waals surface area contributed by atoms with E-state index in [0.717, 1.165) is 41.1 Å². The van der Waals surface area contributed by atoms with Crippen molar-refractivity contribution in [2.45, 2.75) is 31.7 Å². The van der Waals surface area contributed by atoms with Crippen molar-refractivity contribution in [3.8, 4) is 23.7 Å². The first-order valence-electron chi connectivity index (χ1n) is 8.62. The Hall–Kier alpha value is -2.84. The van der Waals surface area contributed by atoms with Gasteiger partial charge in [0.15, 0.2) is 5.82 Å². The molecule has 126 valence electrons. The van der Waals surface area contributed by atoms with Crippen molar-refractivity contribution in [3.05, 3.63) is 59.2 Å². The van der Waals surface area contributed by atoms with E-state index in [4.69, 9.17) is 12.2 Å². The predicted molar refractivity (Wildman–Crippen MR) is 98.0 cm³/mol. The average molecular weight is 331 g/mol. The number of nitrogens with two attached hydrogens (primary N) is 1. The Morgan fingerprint density at radius 2 is 2.04 bits per heavy atom. The molecule has 3 aromatic rings. The van der Waals surface area contributed by atoms with Crippen LogP contribution in [0.3, 0.4) is 0 Å². The molecule has 2 heterocycles. The van der Waals surface area contributed by atoms with Crippen LogP contribution in [0.4, 0.5) is 0 Å². The Kier molecular flexibility index (Phi) is 4.12. The van der Waals surface area contributed by atoms with Gasteiger partial charge in [0.1, 0.15) is 0 Å². The third kappa shape index (κ3) is 3.35. The number of hydrogen-bond donors (Lipinski definition) is 2. The van der Waals surface area contributed by atoms with Crippen LogP contribution in [-0.4, -0.2) is 26.3 Å². The van der Waals surface area contributed by atoms with Gasteiger partial charge in [0.2, 0.25) is 0 Å². The lowest BCUT2D eigenvalue weighted by Gasteiger charge is -2.17. The number of H-pyrrole nitrogens is 1. The molecule has 2 aromatic heterocycles. The van der Waals surface area contributed by atoms with Crippen LogP contribution in [0.1, 0.15) is 41.1 Å². The molecule has 4 rings (SSSR count). The fourth-order valence-electron chi connectivity index (χ4n) is 3.01. The zero-order valence-electron chi connectivity index (χ0n) is 14.1. The van der Waals surface area contributed by atoms with Crippen molar-refractivity contribution in [2.75, 3.05) is 6.54 Å². The van der Waals surface area contributed by atoms with Gasteiger partial charge in [-0.15, -0.1) is 6.42 Å². The summed E-state index contributed by atoms with van der Waals surface area (Å²) in [5.41, 5.74) is 11.0. The standard InChI is InChI=1S/C20H21N5/c1-2-14-3-6-18(20-22-10-15(7-8-21)11-23-20)17(9-14)12-25-13-19(24-25)16-4-5-16/h1,3,6,9-11,13,16,24H,4-5,7-8,12,21H2. The Bertz CT molecular complexity index is 894. The Morgan fingerprint density at radius 3 is 2.68 bits per heavy atom. The third-order valence-electron chi connectivity index (χ3n) is 4.58. The first kappa shape index (κ1) is 15.7. The van der Waals surface area contributed by atoms with E-state index >= 15 is 0 Å². The van der Waals surface area contributed by atoms with Crippen molar-refractivity contribution < 1.29 is 0 Å². The molecule has 1 aromatic carbocycles. The van der Waals surface area contributed by atoms with Crippen molar-refractivity contribution in [1.82, 2.24) is 19.7 Å². The normalized spacial score (nSPS) is 13.8. The van der Waals surface area contributed by atoms with E-state index in [1.165, 1.54) is 18.5 Å². The molecule has 1 fully saturated rings. The minimum absolute atomic E-state index is 0.598. The molecule has 5 nitrogen and oxygen atoms in total. The molecule has 0 unspecified atom stereocenters. The Morgan fingerprint density at radius 1 is 1.28 bits per heavy atom. The first-order valence-corrected chi connectivity index (χ1v) is 8.62. The number of aromatic nitrogens is 4. The number of nitrogens with one attached hydrogen (secondary N) is 1. The van der Waals surface area contributed by atoms with Crippen molar-refractivity contribution in [1.29, 1.82) is 0 Å². The smallest absolute Gasteiger partial charge is 0.159 e. The van der Waals surface area contributed by atoms with Gasteiger partial charge >= 0.3 is 0 Å². The summed E-state index contributed by atoms with van der Waals surface area (Å²) in [7, 11) is 0. The van der Waals surface area contributed by atoms with Crippen LogP contribution in [-0.2, 0) is 13.0 Å². The van der Waals surface area contributed by atoms with E-state index in [2.05, 4.69) is 31.9 Å². The van der Waals surface area contributed by atoms with E-state index < -0.39 is 0 Å². The first-order chi connectivity index (χ1) is 12.3. The molecule has 0 aliphatic heterocycles. The summed E-state index contributed by atoms with van der Waals surface area (Å²) in [4.78, 5) is 9.03. The van der Waals surface area contributed by atoms with Crippen molar-refractivity contribution in [3.63, 3.8) is 0 Å². The molecule has 0 amide bonds. The number of aromatic amines is 1. The van der Waals surface area contributed by atoms with E-state index in [-0.39, 0.29) is 0 Å². The number of nitrogens with zero attached hydrogens (tertiary/aromatic N) is 3. The van der Waals surface area contributed by atoms with Gasteiger partial charge in [-0.25, -0.2) is 9.97 Å². The number of benzene rings is 1. The molecule has 0 bridgehead atoms. The molecule has 0 atom stereocenters. The van der Waals surface area contributed by atoms with E-state index in [9.17, 15) is 0 Å². The minimum atomic E-state index is 0.598. The molecular formula is C20H21N5. The van der Waals surface area contributed by atoms with Crippen molar-refractivity contribution >= 4 is 0 Å². The van der Waals surface area contributed by atoms with Crippen LogP contribution in [0.2, 0.25) is 0 Å². The van der Waals surface area contributed by atoms with Crippen LogP contribution in [0.25, 0.3) is 11.4 Å². The van der Waals surface area contributed by atoms with E-state index in [1.807, 2.05) is 30.6 Å².